The molecule has 0 bridgehead atoms. The lowest BCUT2D eigenvalue weighted by atomic mass is 10.2. The van der Waals surface area contributed by atoms with E-state index in [1.54, 1.807) is 0 Å². The van der Waals surface area contributed by atoms with Gasteiger partial charge in [-0.2, -0.15) is 0 Å². The van der Waals surface area contributed by atoms with Crippen molar-refractivity contribution in [2.24, 2.45) is 0 Å². The number of hydrogen-bond donors (Lipinski definition) is 0. The molecular formula is C16H22ClN3O. The fourth-order valence-electron chi connectivity index (χ4n) is 2.58. The molecule has 2 aromatic rings. The molecule has 114 valence electrons. The SMILES string of the molecule is CCN(CC)C(=O)CCn1c(CCl)nc2ccc(C)cc21. The highest BCUT2D eigenvalue weighted by molar-refractivity contribution is 6.16. The molecule has 1 heterocycles. The maximum Gasteiger partial charge on any atom is 0.224 e. The van der Waals surface area contributed by atoms with Gasteiger partial charge in [0.2, 0.25) is 5.91 Å². The van der Waals surface area contributed by atoms with Gasteiger partial charge in [0.25, 0.3) is 0 Å². The molecule has 0 fully saturated rings. The van der Waals surface area contributed by atoms with Gasteiger partial charge in [-0.25, -0.2) is 4.98 Å². The summed E-state index contributed by atoms with van der Waals surface area (Å²) in [4.78, 5) is 18.6. The summed E-state index contributed by atoms with van der Waals surface area (Å²) in [6.45, 7) is 8.18. The fraction of sp³-hybridized carbons (Fsp3) is 0.500. The van der Waals surface area contributed by atoms with Crippen molar-refractivity contribution in [2.75, 3.05) is 13.1 Å². The summed E-state index contributed by atoms with van der Waals surface area (Å²) in [5, 5.41) is 0. The molecule has 4 nitrogen and oxygen atoms in total. The lowest BCUT2D eigenvalue weighted by Crippen LogP contribution is -2.31. The van der Waals surface area contributed by atoms with Crippen LogP contribution in [0.2, 0.25) is 0 Å². The molecule has 0 spiro atoms. The van der Waals surface area contributed by atoms with Crippen LogP contribution in [-0.2, 0) is 17.2 Å². The van der Waals surface area contributed by atoms with E-state index in [4.69, 9.17) is 11.6 Å². The third-order valence-corrected chi connectivity index (χ3v) is 4.01. The van der Waals surface area contributed by atoms with Gasteiger partial charge in [-0.15, -0.1) is 11.6 Å². The predicted molar refractivity (Wildman–Crippen MR) is 86.6 cm³/mol. The number of aromatic nitrogens is 2. The van der Waals surface area contributed by atoms with Crippen LogP contribution in [0.25, 0.3) is 11.0 Å². The molecule has 1 aromatic carbocycles. The highest BCUT2D eigenvalue weighted by Crippen LogP contribution is 2.19. The first-order chi connectivity index (χ1) is 10.1. The first-order valence-electron chi connectivity index (χ1n) is 7.40. The van der Waals surface area contributed by atoms with Crippen LogP contribution in [0, 0.1) is 6.92 Å². The van der Waals surface area contributed by atoms with E-state index in [-0.39, 0.29) is 5.91 Å². The van der Waals surface area contributed by atoms with Crippen molar-refractivity contribution >= 4 is 28.5 Å². The first kappa shape index (κ1) is 15.8. The molecule has 21 heavy (non-hydrogen) atoms. The van der Waals surface area contributed by atoms with E-state index >= 15 is 0 Å². The minimum Gasteiger partial charge on any atom is -0.343 e. The Morgan fingerprint density at radius 1 is 1.33 bits per heavy atom. The lowest BCUT2D eigenvalue weighted by Gasteiger charge is -2.19. The van der Waals surface area contributed by atoms with E-state index in [0.29, 0.717) is 18.8 Å². The number of amides is 1. The second-order valence-corrected chi connectivity index (χ2v) is 5.39. The number of halogens is 1. The number of carbonyl (C=O) groups is 1. The Morgan fingerprint density at radius 2 is 2.05 bits per heavy atom. The van der Waals surface area contributed by atoms with Crippen molar-refractivity contribution in [3.8, 4) is 0 Å². The van der Waals surface area contributed by atoms with Gasteiger partial charge in [-0.3, -0.25) is 4.79 Å². The average Bonchev–Trinajstić information content (AvgIpc) is 2.83. The van der Waals surface area contributed by atoms with Gasteiger partial charge < -0.3 is 9.47 Å². The largest absolute Gasteiger partial charge is 0.343 e. The molecule has 0 aliphatic carbocycles. The van der Waals surface area contributed by atoms with Crippen LogP contribution in [0.15, 0.2) is 18.2 Å². The minimum atomic E-state index is 0.176. The third-order valence-electron chi connectivity index (χ3n) is 3.77. The van der Waals surface area contributed by atoms with Gasteiger partial charge in [0.1, 0.15) is 5.82 Å². The number of alkyl halides is 1. The van der Waals surface area contributed by atoms with Gasteiger partial charge in [0, 0.05) is 26.1 Å². The predicted octanol–water partition coefficient (Wildman–Crippen LogP) is 3.34. The Bertz CT molecular complexity index is 632. The van der Waals surface area contributed by atoms with Crippen LogP contribution in [0.4, 0.5) is 0 Å². The number of nitrogens with zero attached hydrogens (tertiary/aromatic N) is 3. The molecule has 0 N–H and O–H groups in total. The summed E-state index contributed by atoms with van der Waals surface area (Å²) in [6, 6.07) is 6.14. The molecule has 0 radical (unpaired) electrons. The summed E-state index contributed by atoms with van der Waals surface area (Å²) < 4.78 is 2.07. The Kier molecular flexibility index (Phi) is 5.23. The minimum absolute atomic E-state index is 0.176. The van der Waals surface area contributed by atoms with Crippen molar-refractivity contribution in [1.82, 2.24) is 14.5 Å². The highest BCUT2D eigenvalue weighted by atomic mass is 35.5. The molecular weight excluding hydrogens is 286 g/mol. The Labute approximate surface area is 130 Å². The second kappa shape index (κ2) is 6.94. The molecule has 0 atom stereocenters. The van der Waals surface area contributed by atoms with Crippen LogP contribution in [0.5, 0.6) is 0 Å². The number of rotatable bonds is 6. The third kappa shape index (κ3) is 3.38. The molecule has 2 rings (SSSR count). The molecule has 0 saturated heterocycles. The molecule has 0 aliphatic rings. The van der Waals surface area contributed by atoms with Gasteiger partial charge in [-0.05, 0) is 38.5 Å². The van der Waals surface area contributed by atoms with Crippen LogP contribution >= 0.6 is 11.6 Å². The van der Waals surface area contributed by atoms with Gasteiger partial charge in [0.05, 0.1) is 16.9 Å². The van der Waals surface area contributed by atoms with E-state index in [0.717, 1.165) is 29.9 Å². The standard InChI is InChI=1S/C16H22ClN3O/c1-4-19(5-2)16(21)8-9-20-14-10-12(3)6-7-13(14)18-15(20)11-17/h6-7,10H,4-5,8-9,11H2,1-3H3. The average molecular weight is 308 g/mol. The van der Waals surface area contributed by atoms with Crippen molar-refractivity contribution in [2.45, 2.75) is 39.6 Å². The summed E-state index contributed by atoms with van der Waals surface area (Å²) >= 11 is 6.00. The Morgan fingerprint density at radius 3 is 2.67 bits per heavy atom. The number of imidazole rings is 1. The van der Waals surface area contributed by atoms with E-state index in [9.17, 15) is 4.79 Å². The summed E-state index contributed by atoms with van der Waals surface area (Å²) in [7, 11) is 0. The molecule has 0 saturated carbocycles. The molecule has 0 aliphatic heterocycles. The lowest BCUT2D eigenvalue weighted by molar-refractivity contribution is -0.131. The van der Waals surface area contributed by atoms with E-state index < -0.39 is 0 Å². The Hall–Kier alpha value is -1.55. The number of fused-ring (bicyclic) bond motifs is 1. The van der Waals surface area contributed by atoms with Crippen LogP contribution in [0.1, 0.15) is 31.7 Å². The zero-order valence-corrected chi connectivity index (χ0v) is 13.7. The normalized spacial score (nSPS) is 11.0. The number of carbonyl (C=O) groups excluding carboxylic acids is 1. The van der Waals surface area contributed by atoms with Crippen LogP contribution in [0.3, 0.4) is 0 Å². The monoisotopic (exact) mass is 307 g/mol. The first-order valence-corrected chi connectivity index (χ1v) is 7.93. The zero-order chi connectivity index (χ0) is 15.4. The number of benzene rings is 1. The van der Waals surface area contributed by atoms with Gasteiger partial charge in [-0.1, -0.05) is 6.07 Å². The van der Waals surface area contributed by atoms with Crippen molar-refractivity contribution in [3.05, 3.63) is 29.6 Å². The van der Waals surface area contributed by atoms with E-state index in [2.05, 4.69) is 22.5 Å². The molecule has 5 heteroatoms. The summed E-state index contributed by atoms with van der Waals surface area (Å²) in [5.74, 6) is 1.35. The van der Waals surface area contributed by atoms with E-state index in [1.807, 2.05) is 30.9 Å². The van der Waals surface area contributed by atoms with Gasteiger partial charge >= 0.3 is 0 Å². The maximum atomic E-state index is 12.2. The summed E-state index contributed by atoms with van der Waals surface area (Å²) in [5.41, 5.74) is 3.17. The van der Waals surface area contributed by atoms with E-state index in [1.165, 1.54) is 5.56 Å². The van der Waals surface area contributed by atoms with Crippen LogP contribution in [-0.4, -0.2) is 33.4 Å². The summed E-state index contributed by atoms with van der Waals surface area (Å²) in [6.07, 6.45) is 0.477. The molecule has 1 aromatic heterocycles. The van der Waals surface area contributed by atoms with Crippen molar-refractivity contribution in [3.63, 3.8) is 0 Å². The topological polar surface area (TPSA) is 38.1 Å². The number of aryl methyl sites for hydroxylation is 2. The van der Waals surface area contributed by atoms with Crippen LogP contribution < -0.4 is 0 Å². The van der Waals surface area contributed by atoms with Gasteiger partial charge in [0.15, 0.2) is 0 Å². The highest BCUT2D eigenvalue weighted by Gasteiger charge is 2.14. The smallest absolute Gasteiger partial charge is 0.224 e. The zero-order valence-electron chi connectivity index (χ0n) is 12.9. The quantitative estimate of drug-likeness (QED) is 0.768. The van der Waals surface area contributed by atoms with Crippen molar-refractivity contribution < 1.29 is 4.79 Å². The maximum absolute atomic E-state index is 12.2. The second-order valence-electron chi connectivity index (χ2n) is 5.12. The molecule has 1 amide bonds. The van der Waals surface area contributed by atoms with Crippen molar-refractivity contribution in [1.29, 1.82) is 0 Å². The Balaban J connectivity index is 2.24. The number of hydrogen-bond acceptors (Lipinski definition) is 2. The fourth-order valence-corrected chi connectivity index (χ4v) is 2.78. The molecule has 0 unspecified atom stereocenters.